The van der Waals surface area contributed by atoms with Crippen LogP contribution in [-0.4, -0.2) is 71.1 Å². The molecule has 4 aromatic rings. The van der Waals surface area contributed by atoms with Crippen LogP contribution in [0.15, 0.2) is 127 Å². The van der Waals surface area contributed by atoms with Crippen LogP contribution in [0.25, 0.3) is 10.8 Å². The first kappa shape index (κ1) is 33.6. The van der Waals surface area contributed by atoms with E-state index >= 15 is 4.79 Å². The van der Waals surface area contributed by atoms with Crippen molar-refractivity contribution in [3.05, 3.63) is 139 Å². The number of fused-ring (bicyclic) bond motifs is 3. The van der Waals surface area contributed by atoms with Crippen molar-refractivity contribution in [2.24, 2.45) is 11.8 Å². The number of nitrogens with one attached hydrogen (secondary N) is 1. The molecule has 10 heteroatoms. The summed E-state index contributed by atoms with van der Waals surface area (Å²) in [5.41, 5.74) is 0.429. The van der Waals surface area contributed by atoms with Gasteiger partial charge in [0.1, 0.15) is 23.7 Å². The number of hydrogen-bond acceptors (Lipinski definition) is 7. The van der Waals surface area contributed by atoms with Crippen LogP contribution in [-0.2, 0) is 28.7 Å². The molecule has 0 aromatic heterocycles. The summed E-state index contributed by atoms with van der Waals surface area (Å²) < 4.78 is 12.8. The number of carbonyl (C=O) groups is 4. The fourth-order valence-corrected chi connectivity index (χ4v) is 8.26. The third-order valence-electron chi connectivity index (χ3n) is 10.7. The molecule has 10 nitrogen and oxygen atoms in total. The maximum atomic E-state index is 15.4. The fourth-order valence-electron chi connectivity index (χ4n) is 8.26. The zero-order chi connectivity index (χ0) is 35.8. The summed E-state index contributed by atoms with van der Waals surface area (Å²) in [4.78, 5) is 60.6. The van der Waals surface area contributed by atoms with Crippen LogP contribution in [0, 0.1) is 11.8 Å². The summed E-state index contributed by atoms with van der Waals surface area (Å²) >= 11 is 0. The number of cyclic esters (lactones) is 1. The highest BCUT2D eigenvalue weighted by Crippen LogP contribution is 2.57. The van der Waals surface area contributed by atoms with Crippen molar-refractivity contribution in [1.29, 1.82) is 0 Å². The molecule has 7 atom stereocenters. The Kier molecular flexibility index (Phi) is 8.94. The summed E-state index contributed by atoms with van der Waals surface area (Å²) in [5.74, 6) is -3.94. The SMILES string of the molecule is O=C1CC/C=C\CN(c2ccc3ccccc3c2)C(=O)[C@H]2N([C@H](CO)c3ccccc3)C(=O)[C@@H]3[C@@H](C(=O)O[C@@H](c4ccccc4)CN1)[C@H]1C=C[C@]32O1. The first-order valence-electron chi connectivity index (χ1n) is 17.7. The van der Waals surface area contributed by atoms with Crippen LogP contribution in [0.2, 0.25) is 0 Å². The summed E-state index contributed by atoms with van der Waals surface area (Å²) in [6, 6.07) is 29.7. The number of anilines is 1. The van der Waals surface area contributed by atoms with Crippen LogP contribution in [0.5, 0.6) is 0 Å². The van der Waals surface area contributed by atoms with Gasteiger partial charge in [-0.05, 0) is 40.5 Å². The molecule has 4 heterocycles. The third kappa shape index (κ3) is 5.78. The number of hydrogen-bond donors (Lipinski definition) is 2. The molecule has 1 spiro atoms. The summed E-state index contributed by atoms with van der Waals surface area (Å²) in [7, 11) is 0. The van der Waals surface area contributed by atoms with Crippen LogP contribution in [0.3, 0.4) is 0 Å². The van der Waals surface area contributed by atoms with E-state index in [1.807, 2.05) is 115 Å². The zero-order valence-electron chi connectivity index (χ0n) is 28.4. The number of carbonyl (C=O) groups excluding carboxylic acids is 4. The molecule has 8 rings (SSSR count). The van der Waals surface area contributed by atoms with Gasteiger partial charge in [0, 0.05) is 18.7 Å². The quantitative estimate of drug-likeness (QED) is 0.227. The van der Waals surface area contributed by atoms with Crippen molar-refractivity contribution < 1.29 is 33.8 Å². The molecule has 4 aliphatic rings. The van der Waals surface area contributed by atoms with E-state index in [1.165, 1.54) is 4.90 Å². The topological polar surface area (TPSA) is 125 Å². The van der Waals surface area contributed by atoms with Crippen LogP contribution < -0.4 is 10.2 Å². The van der Waals surface area contributed by atoms with E-state index in [0.717, 1.165) is 10.8 Å². The van der Waals surface area contributed by atoms with Gasteiger partial charge in [0.15, 0.2) is 0 Å². The number of amides is 3. The molecule has 2 N–H and O–H groups in total. The van der Waals surface area contributed by atoms with Crippen molar-refractivity contribution in [1.82, 2.24) is 10.2 Å². The smallest absolute Gasteiger partial charge is 0.313 e. The number of nitrogens with zero attached hydrogens (tertiary/aromatic N) is 2. The Morgan fingerprint density at radius 3 is 2.35 bits per heavy atom. The molecule has 2 fully saturated rings. The van der Waals surface area contributed by atoms with Gasteiger partial charge >= 0.3 is 5.97 Å². The minimum Gasteiger partial charge on any atom is -0.455 e. The minimum atomic E-state index is -1.51. The lowest BCUT2D eigenvalue weighted by molar-refractivity contribution is -0.160. The van der Waals surface area contributed by atoms with E-state index in [1.54, 1.807) is 17.1 Å². The van der Waals surface area contributed by atoms with Crippen LogP contribution in [0.4, 0.5) is 5.69 Å². The molecule has 4 aliphatic heterocycles. The molecule has 0 aliphatic carbocycles. The Balaban J connectivity index is 1.26. The van der Waals surface area contributed by atoms with Gasteiger partial charge in [-0.15, -0.1) is 0 Å². The number of rotatable bonds is 5. The molecule has 0 saturated carbocycles. The highest BCUT2D eigenvalue weighted by atomic mass is 16.6. The Morgan fingerprint density at radius 1 is 0.846 bits per heavy atom. The van der Waals surface area contributed by atoms with Crippen LogP contribution in [0.1, 0.15) is 36.1 Å². The fraction of sp³-hybridized carbons (Fsp3) is 0.286. The van der Waals surface area contributed by atoms with E-state index in [9.17, 15) is 19.5 Å². The molecule has 2 saturated heterocycles. The number of aliphatic hydroxyl groups excluding tert-OH is 1. The van der Waals surface area contributed by atoms with Gasteiger partial charge in [0.25, 0.3) is 5.91 Å². The number of esters is 1. The van der Waals surface area contributed by atoms with Crippen molar-refractivity contribution >= 4 is 40.2 Å². The first-order chi connectivity index (χ1) is 25.4. The lowest BCUT2D eigenvalue weighted by atomic mass is 9.74. The maximum absolute atomic E-state index is 15.4. The maximum Gasteiger partial charge on any atom is 0.313 e. The van der Waals surface area contributed by atoms with Gasteiger partial charge in [0.2, 0.25) is 11.8 Å². The van der Waals surface area contributed by atoms with E-state index in [-0.39, 0.29) is 25.4 Å². The standard InChI is InChI=1S/C42H39N3O7/c46-26-32(28-13-4-1-5-14-28)45-38-40(49)44(31-20-19-27-12-9-10-17-30(27)24-31)23-11-3-8-18-35(47)43-25-34(29-15-6-2-7-16-29)51-41(50)36-33-21-22-42(38,52-33)37(36)39(45)48/h1-7,9-17,19-22,24,32-34,36-38,46H,8,18,23,25-26H2,(H,43,47)/b11-3-/t32-,33-,34-,36+,37+,38-,42+/m1/s1. The Labute approximate surface area is 301 Å². The van der Waals surface area contributed by atoms with Gasteiger partial charge < -0.3 is 29.7 Å². The number of allylic oxidation sites excluding steroid dienone is 1. The third-order valence-corrected chi connectivity index (χ3v) is 10.7. The lowest BCUT2D eigenvalue weighted by Crippen LogP contribution is -2.57. The van der Waals surface area contributed by atoms with Gasteiger partial charge in [-0.2, -0.15) is 0 Å². The Morgan fingerprint density at radius 2 is 1.58 bits per heavy atom. The van der Waals surface area contributed by atoms with Crippen molar-refractivity contribution in [3.63, 3.8) is 0 Å². The average Bonchev–Trinajstić information content (AvgIpc) is 3.82. The predicted octanol–water partition coefficient (Wildman–Crippen LogP) is 4.81. The Bertz CT molecular complexity index is 2070. The average molecular weight is 698 g/mol. The number of benzene rings is 4. The normalized spacial score (nSPS) is 28.8. The summed E-state index contributed by atoms with van der Waals surface area (Å²) in [6.45, 7) is -0.280. The number of ether oxygens (including phenoxy) is 2. The monoisotopic (exact) mass is 697 g/mol. The van der Waals surface area contributed by atoms with E-state index in [0.29, 0.717) is 23.2 Å². The molecule has 264 valence electrons. The lowest BCUT2D eigenvalue weighted by Gasteiger charge is -2.39. The van der Waals surface area contributed by atoms with Crippen molar-refractivity contribution in [3.8, 4) is 0 Å². The second-order valence-electron chi connectivity index (χ2n) is 13.7. The second kappa shape index (κ2) is 13.9. The molecule has 52 heavy (non-hydrogen) atoms. The van der Waals surface area contributed by atoms with Crippen molar-refractivity contribution in [2.45, 2.75) is 42.7 Å². The summed E-state index contributed by atoms with van der Waals surface area (Å²) in [5, 5.41) is 15.8. The molecular weight excluding hydrogens is 658 g/mol. The van der Waals surface area contributed by atoms with Crippen molar-refractivity contribution in [2.75, 3.05) is 24.6 Å². The van der Waals surface area contributed by atoms with Crippen LogP contribution >= 0.6 is 0 Å². The second-order valence-corrected chi connectivity index (χ2v) is 13.7. The van der Waals surface area contributed by atoms with E-state index < -0.39 is 66.1 Å². The highest BCUT2D eigenvalue weighted by Gasteiger charge is 2.74. The molecule has 3 amide bonds. The number of aliphatic hydroxyl groups is 1. The zero-order valence-corrected chi connectivity index (χ0v) is 28.4. The number of likely N-dealkylation sites (tertiary alicyclic amines) is 1. The molecular formula is C42H39N3O7. The van der Waals surface area contributed by atoms with E-state index in [2.05, 4.69) is 5.32 Å². The molecule has 5 bridgehead atoms. The molecule has 0 unspecified atom stereocenters. The van der Waals surface area contributed by atoms with Gasteiger partial charge in [-0.3, -0.25) is 19.2 Å². The highest BCUT2D eigenvalue weighted by molar-refractivity contribution is 6.06. The summed E-state index contributed by atoms with van der Waals surface area (Å²) in [6.07, 6.45) is 6.17. The van der Waals surface area contributed by atoms with E-state index in [4.69, 9.17) is 9.47 Å². The van der Waals surface area contributed by atoms with Gasteiger partial charge in [-0.1, -0.05) is 115 Å². The molecule has 4 aromatic carbocycles. The van der Waals surface area contributed by atoms with Gasteiger partial charge in [-0.25, -0.2) is 0 Å². The minimum absolute atomic E-state index is 0.0414. The van der Waals surface area contributed by atoms with Gasteiger partial charge in [0.05, 0.1) is 31.2 Å². The molecule has 0 radical (unpaired) electrons. The first-order valence-corrected chi connectivity index (χ1v) is 17.7. The largest absolute Gasteiger partial charge is 0.455 e. The Hall–Kier alpha value is -5.58. The predicted molar refractivity (Wildman–Crippen MR) is 194 cm³/mol.